The SMILES string of the molecule is O=C1c2ccccc2NC(=O)C2(CCO)CNCCN12. The number of nitrogens with zero attached hydrogens (tertiary/aromatic N) is 1. The number of benzene rings is 1. The van der Waals surface area contributed by atoms with Crippen molar-refractivity contribution in [2.24, 2.45) is 0 Å². The van der Waals surface area contributed by atoms with Gasteiger partial charge < -0.3 is 20.6 Å². The van der Waals surface area contributed by atoms with Crippen molar-refractivity contribution >= 4 is 17.5 Å². The van der Waals surface area contributed by atoms with E-state index in [0.717, 1.165) is 0 Å². The van der Waals surface area contributed by atoms with E-state index in [9.17, 15) is 14.7 Å². The van der Waals surface area contributed by atoms with Crippen molar-refractivity contribution in [3.8, 4) is 0 Å². The maximum atomic E-state index is 12.7. The molecule has 2 heterocycles. The van der Waals surface area contributed by atoms with Gasteiger partial charge in [-0.15, -0.1) is 0 Å². The third-order valence-electron chi connectivity index (χ3n) is 4.05. The molecule has 0 bridgehead atoms. The number of amides is 2. The van der Waals surface area contributed by atoms with E-state index in [-0.39, 0.29) is 24.8 Å². The van der Waals surface area contributed by atoms with Crippen LogP contribution in [-0.2, 0) is 4.79 Å². The van der Waals surface area contributed by atoms with Gasteiger partial charge in [0.2, 0.25) is 0 Å². The van der Waals surface area contributed by atoms with Crippen molar-refractivity contribution in [3.05, 3.63) is 29.8 Å². The Morgan fingerprint density at radius 3 is 2.90 bits per heavy atom. The molecule has 0 radical (unpaired) electrons. The topological polar surface area (TPSA) is 81.7 Å². The van der Waals surface area contributed by atoms with Crippen molar-refractivity contribution in [1.29, 1.82) is 0 Å². The van der Waals surface area contributed by atoms with Crippen LogP contribution in [0.3, 0.4) is 0 Å². The number of hydrogen-bond acceptors (Lipinski definition) is 4. The van der Waals surface area contributed by atoms with Gasteiger partial charge in [0.25, 0.3) is 11.8 Å². The fourth-order valence-electron chi connectivity index (χ4n) is 2.98. The molecule has 2 aliphatic heterocycles. The number of aliphatic hydroxyl groups excluding tert-OH is 1. The summed E-state index contributed by atoms with van der Waals surface area (Å²) in [6.07, 6.45) is 0.228. The van der Waals surface area contributed by atoms with Gasteiger partial charge in [-0.3, -0.25) is 9.59 Å². The summed E-state index contributed by atoms with van der Waals surface area (Å²) in [6, 6.07) is 7.01. The van der Waals surface area contributed by atoms with Gasteiger partial charge in [0, 0.05) is 32.7 Å². The van der Waals surface area contributed by atoms with Crippen LogP contribution in [0.4, 0.5) is 5.69 Å². The van der Waals surface area contributed by atoms with Crippen LogP contribution in [0.5, 0.6) is 0 Å². The first-order valence-electron chi connectivity index (χ1n) is 6.73. The molecule has 20 heavy (non-hydrogen) atoms. The predicted octanol–water partition coefficient (Wildman–Crippen LogP) is -0.195. The fraction of sp³-hybridized carbons (Fsp3) is 0.429. The second-order valence-electron chi connectivity index (χ2n) is 5.14. The molecule has 3 rings (SSSR count). The highest BCUT2D eigenvalue weighted by molar-refractivity contribution is 6.11. The Balaban J connectivity index is 2.11. The van der Waals surface area contributed by atoms with Crippen molar-refractivity contribution in [3.63, 3.8) is 0 Å². The molecule has 6 nitrogen and oxygen atoms in total. The molecule has 1 unspecified atom stereocenters. The van der Waals surface area contributed by atoms with Crippen LogP contribution in [0.15, 0.2) is 24.3 Å². The summed E-state index contributed by atoms with van der Waals surface area (Å²) in [5.74, 6) is -0.397. The van der Waals surface area contributed by atoms with E-state index in [1.165, 1.54) is 0 Å². The molecule has 0 aliphatic carbocycles. The zero-order valence-corrected chi connectivity index (χ0v) is 11.1. The van der Waals surface area contributed by atoms with Gasteiger partial charge >= 0.3 is 0 Å². The van der Waals surface area contributed by atoms with Crippen LogP contribution < -0.4 is 10.6 Å². The van der Waals surface area contributed by atoms with Crippen molar-refractivity contribution in [2.45, 2.75) is 12.0 Å². The molecule has 0 saturated carbocycles. The van der Waals surface area contributed by atoms with Gasteiger partial charge in [-0.1, -0.05) is 12.1 Å². The number of rotatable bonds is 2. The highest BCUT2D eigenvalue weighted by Gasteiger charge is 2.49. The number of nitrogens with one attached hydrogen (secondary N) is 2. The van der Waals surface area contributed by atoms with E-state index >= 15 is 0 Å². The minimum Gasteiger partial charge on any atom is -0.396 e. The quantitative estimate of drug-likeness (QED) is 0.698. The van der Waals surface area contributed by atoms with E-state index in [2.05, 4.69) is 10.6 Å². The number of carbonyl (C=O) groups is 2. The molecule has 1 aromatic carbocycles. The molecule has 1 aromatic rings. The molecule has 1 fully saturated rings. The lowest BCUT2D eigenvalue weighted by atomic mass is 9.89. The number of hydrogen-bond donors (Lipinski definition) is 3. The Kier molecular flexibility index (Phi) is 3.19. The first-order chi connectivity index (χ1) is 9.69. The standard InChI is InChI=1S/C14H17N3O3/c18-8-5-14-9-15-6-7-17(14)12(19)10-3-1-2-4-11(10)16-13(14)20/h1-4,15,18H,5-9H2,(H,16,20). The Labute approximate surface area is 116 Å². The number of anilines is 1. The predicted molar refractivity (Wildman–Crippen MR) is 73.4 cm³/mol. The summed E-state index contributed by atoms with van der Waals surface area (Å²) in [4.78, 5) is 26.9. The fourth-order valence-corrected chi connectivity index (χ4v) is 2.98. The summed E-state index contributed by atoms with van der Waals surface area (Å²) < 4.78 is 0. The van der Waals surface area contributed by atoms with Crippen LogP contribution in [-0.4, -0.2) is 53.6 Å². The van der Waals surface area contributed by atoms with Crippen LogP contribution in [0.25, 0.3) is 0 Å². The lowest BCUT2D eigenvalue weighted by molar-refractivity contribution is -0.128. The maximum absolute atomic E-state index is 12.7. The Morgan fingerprint density at radius 2 is 2.10 bits per heavy atom. The Bertz CT molecular complexity index is 556. The highest BCUT2D eigenvalue weighted by atomic mass is 16.3. The van der Waals surface area contributed by atoms with E-state index in [1.807, 2.05) is 0 Å². The van der Waals surface area contributed by atoms with E-state index in [0.29, 0.717) is 30.9 Å². The summed E-state index contributed by atoms with van der Waals surface area (Å²) >= 11 is 0. The first-order valence-corrected chi connectivity index (χ1v) is 6.73. The molecular weight excluding hydrogens is 258 g/mol. The second-order valence-corrected chi connectivity index (χ2v) is 5.14. The first kappa shape index (κ1) is 13.1. The largest absolute Gasteiger partial charge is 0.396 e. The normalized spacial score (nSPS) is 25.6. The van der Waals surface area contributed by atoms with Crippen LogP contribution in [0.2, 0.25) is 0 Å². The van der Waals surface area contributed by atoms with E-state index in [1.54, 1.807) is 29.2 Å². The zero-order valence-electron chi connectivity index (χ0n) is 11.1. The molecule has 0 spiro atoms. The van der Waals surface area contributed by atoms with Gasteiger partial charge in [-0.25, -0.2) is 0 Å². The third kappa shape index (κ3) is 1.80. The number of carbonyl (C=O) groups excluding carboxylic acids is 2. The van der Waals surface area contributed by atoms with Crippen molar-refractivity contribution in [1.82, 2.24) is 10.2 Å². The molecule has 106 valence electrons. The summed E-state index contributed by atoms with van der Waals surface area (Å²) in [7, 11) is 0. The Morgan fingerprint density at radius 1 is 1.30 bits per heavy atom. The molecule has 6 heteroatoms. The lowest BCUT2D eigenvalue weighted by Crippen LogP contribution is -2.67. The number of aliphatic hydroxyl groups is 1. The molecule has 3 N–H and O–H groups in total. The zero-order chi connectivity index (χ0) is 14.2. The van der Waals surface area contributed by atoms with Gasteiger partial charge in [0.15, 0.2) is 0 Å². The third-order valence-corrected chi connectivity index (χ3v) is 4.05. The summed E-state index contributed by atoms with van der Waals surface area (Å²) in [5.41, 5.74) is 0.0279. The number of piperazine rings is 1. The maximum Gasteiger partial charge on any atom is 0.256 e. The summed E-state index contributed by atoms with van der Waals surface area (Å²) in [5, 5.41) is 15.3. The average Bonchev–Trinajstić information content (AvgIpc) is 2.55. The van der Waals surface area contributed by atoms with E-state index in [4.69, 9.17) is 0 Å². The molecule has 1 atom stereocenters. The molecular formula is C14H17N3O3. The van der Waals surface area contributed by atoms with Crippen LogP contribution in [0.1, 0.15) is 16.8 Å². The highest BCUT2D eigenvalue weighted by Crippen LogP contribution is 2.31. The number of para-hydroxylation sites is 1. The molecule has 0 aromatic heterocycles. The smallest absolute Gasteiger partial charge is 0.256 e. The Hall–Kier alpha value is -1.92. The minimum absolute atomic E-state index is 0.144. The van der Waals surface area contributed by atoms with E-state index < -0.39 is 5.54 Å². The molecule has 2 aliphatic rings. The number of fused-ring (bicyclic) bond motifs is 2. The van der Waals surface area contributed by atoms with Gasteiger partial charge in [-0.2, -0.15) is 0 Å². The van der Waals surface area contributed by atoms with Crippen LogP contribution >= 0.6 is 0 Å². The molecule has 1 saturated heterocycles. The van der Waals surface area contributed by atoms with Crippen molar-refractivity contribution < 1.29 is 14.7 Å². The van der Waals surface area contributed by atoms with Crippen molar-refractivity contribution in [2.75, 3.05) is 31.6 Å². The average molecular weight is 275 g/mol. The molecule has 2 amide bonds. The minimum atomic E-state index is -1.01. The van der Waals surface area contributed by atoms with Gasteiger partial charge in [0.1, 0.15) is 5.54 Å². The van der Waals surface area contributed by atoms with Gasteiger partial charge in [0.05, 0.1) is 11.3 Å². The lowest BCUT2D eigenvalue weighted by Gasteiger charge is -2.44. The second kappa shape index (κ2) is 4.88. The van der Waals surface area contributed by atoms with Crippen LogP contribution in [0, 0.1) is 0 Å². The summed E-state index contributed by atoms with van der Waals surface area (Å²) in [6.45, 7) is 1.32. The monoisotopic (exact) mass is 275 g/mol. The van der Waals surface area contributed by atoms with Gasteiger partial charge in [-0.05, 0) is 12.1 Å².